The van der Waals surface area contributed by atoms with Crippen molar-refractivity contribution in [1.82, 2.24) is 5.32 Å². The molecule has 25 heavy (non-hydrogen) atoms. The fourth-order valence-corrected chi connectivity index (χ4v) is 2.47. The highest BCUT2D eigenvalue weighted by Crippen LogP contribution is 2.13. The van der Waals surface area contributed by atoms with Gasteiger partial charge in [0.2, 0.25) is 0 Å². The van der Waals surface area contributed by atoms with Crippen molar-refractivity contribution in [2.45, 2.75) is 13.1 Å². The second-order valence-electron chi connectivity index (χ2n) is 5.62. The van der Waals surface area contributed by atoms with Crippen LogP contribution in [0.1, 0.15) is 11.1 Å². The topological polar surface area (TPSA) is 36.4 Å². The average molecular weight is 350 g/mol. The van der Waals surface area contributed by atoms with Crippen molar-refractivity contribution >= 4 is 23.2 Å². The average Bonchev–Trinajstić information content (AvgIpc) is 2.67. The molecule has 3 rings (SSSR count). The van der Waals surface area contributed by atoms with Crippen LogP contribution in [0.2, 0.25) is 5.02 Å². The smallest absolute Gasteiger partial charge is 0.196 e. The molecular formula is C21H20ClN3. The van der Waals surface area contributed by atoms with Crippen LogP contribution in [0, 0.1) is 0 Å². The van der Waals surface area contributed by atoms with Crippen molar-refractivity contribution in [3.63, 3.8) is 0 Å². The molecule has 3 nitrogen and oxygen atoms in total. The van der Waals surface area contributed by atoms with E-state index < -0.39 is 0 Å². The molecule has 0 saturated carbocycles. The largest absolute Gasteiger partial charge is 0.352 e. The van der Waals surface area contributed by atoms with Gasteiger partial charge in [-0.3, -0.25) is 0 Å². The Morgan fingerprint density at radius 3 is 2.00 bits per heavy atom. The van der Waals surface area contributed by atoms with Crippen LogP contribution in [-0.4, -0.2) is 5.96 Å². The number of benzene rings is 3. The van der Waals surface area contributed by atoms with Gasteiger partial charge >= 0.3 is 0 Å². The first-order valence-corrected chi connectivity index (χ1v) is 8.56. The predicted octanol–water partition coefficient (Wildman–Crippen LogP) is 5.10. The molecule has 2 N–H and O–H groups in total. The molecule has 3 aromatic carbocycles. The molecule has 0 aliphatic carbocycles. The molecule has 0 fully saturated rings. The van der Waals surface area contributed by atoms with Gasteiger partial charge in [-0.05, 0) is 35.4 Å². The van der Waals surface area contributed by atoms with Crippen LogP contribution in [0.5, 0.6) is 0 Å². The lowest BCUT2D eigenvalue weighted by molar-refractivity contribution is 0.892. The van der Waals surface area contributed by atoms with Crippen LogP contribution in [0.4, 0.5) is 5.69 Å². The summed E-state index contributed by atoms with van der Waals surface area (Å²) in [5.41, 5.74) is 3.31. The molecule has 0 heterocycles. The second kappa shape index (κ2) is 8.90. The van der Waals surface area contributed by atoms with Crippen molar-refractivity contribution in [2.75, 3.05) is 5.32 Å². The zero-order chi connectivity index (χ0) is 17.3. The molecule has 0 radical (unpaired) electrons. The van der Waals surface area contributed by atoms with Gasteiger partial charge in [0.1, 0.15) is 0 Å². The van der Waals surface area contributed by atoms with E-state index in [2.05, 4.69) is 39.9 Å². The first-order valence-electron chi connectivity index (χ1n) is 8.18. The highest BCUT2D eigenvalue weighted by Gasteiger charge is 2.01. The monoisotopic (exact) mass is 349 g/mol. The maximum Gasteiger partial charge on any atom is 0.196 e. The van der Waals surface area contributed by atoms with E-state index in [9.17, 15) is 0 Å². The van der Waals surface area contributed by atoms with E-state index in [1.807, 2.05) is 60.7 Å². The number of nitrogens with zero attached hydrogens (tertiary/aromatic N) is 1. The summed E-state index contributed by atoms with van der Waals surface area (Å²) in [4.78, 5) is 4.69. The fraction of sp³-hybridized carbons (Fsp3) is 0.0952. The maximum absolute atomic E-state index is 5.96. The van der Waals surface area contributed by atoms with E-state index in [1.165, 1.54) is 11.1 Å². The van der Waals surface area contributed by atoms with Crippen molar-refractivity contribution < 1.29 is 0 Å². The van der Waals surface area contributed by atoms with E-state index in [0.29, 0.717) is 18.1 Å². The second-order valence-corrected chi connectivity index (χ2v) is 6.06. The molecule has 0 bridgehead atoms. The van der Waals surface area contributed by atoms with Gasteiger partial charge in [0.05, 0.1) is 6.54 Å². The van der Waals surface area contributed by atoms with Crippen LogP contribution in [-0.2, 0) is 13.1 Å². The summed E-state index contributed by atoms with van der Waals surface area (Å²) in [6.07, 6.45) is 0. The summed E-state index contributed by atoms with van der Waals surface area (Å²) in [5.74, 6) is 0.732. The number of nitrogens with one attached hydrogen (secondary N) is 2. The van der Waals surface area contributed by atoms with Crippen LogP contribution in [0.25, 0.3) is 0 Å². The molecule has 0 saturated heterocycles. The van der Waals surface area contributed by atoms with Gasteiger partial charge in [0.15, 0.2) is 5.96 Å². The third kappa shape index (κ3) is 5.66. The van der Waals surface area contributed by atoms with Gasteiger partial charge in [-0.2, -0.15) is 0 Å². The molecule has 126 valence electrons. The van der Waals surface area contributed by atoms with Gasteiger partial charge in [-0.25, -0.2) is 4.99 Å². The van der Waals surface area contributed by atoms with Crippen LogP contribution in [0.15, 0.2) is 89.9 Å². The zero-order valence-electron chi connectivity index (χ0n) is 13.8. The molecule has 3 aromatic rings. The molecule has 0 unspecified atom stereocenters. The van der Waals surface area contributed by atoms with Gasteiger partial charge in [0.25, 0.3) is 0 Å². The van der Waals surface area contributed by atoms with Crippen LogP contribution >= 0.6 is 11.6 Å². The first kappa shape index (κ1) is 17.1. The number of anilines is 1. The van der Waals surface area contributed by atoms with Gasteiger partial charge in [0, 0.05) is 17.3 Å². The quantitative estimate of drug-likeness (QED) is 0.496. The Hall–Kier alpha value is -2.78. The Kier molecular flexibility index (Phi) is 6.07. The van der Waals surface area contributed by atoms with Crippen molar-refractivity contribution in [3.8, 4) is 0 Å². The van der Waals surface area contributed by atoms with E-state index in [1.54, 1.807) is 0 Å². The Morgan fingerprint density at radius 2 is 1.36 bits per heavy atom. The Bertz CT molecular complexity index is 800. The summed E-state index contributed by atoms with van der Waals surface area (Å²) in [6, 6.07) is 28.0. The first-order chi connectivity index (χ1) is 12.3. The zero-order valence-corrected chi connectivity index (χ0v) is 14.6. The summed E-state index contributed by atoms with van der Waals surface area (Å²) in [6.45, 7) is 1.31. The Morgan fingerprint density at radius 1 is 0.760 bits per heavy atom. The van der Waals surface area contributed by atoms with E-state index >= 15 is 0 Å². The lowest BCUT2D eigenvalue weighted by Gasteiger charge is -2.13. The Labute approximate surface area is 153 Å². The minimum Gasteiger partial charge on any atom is -0.352 e. The van der Waals surface area contributed by atoms with E-state index in [-0.39, 0.29) is 0 Å². The number of guanidine groups is 1. The molecule has 0 aliphatic rings. The van der Waals surface area contributed by atoms with E-state index in [4.69, 9.17) is 11.6 Å². The SMILES string of the molecule is Clc1ccc(NC(=NCc2ccccc2)NCc2ccccc2)cc1. The highest BCUT2D eigenvalue weighted by atomic mass is 35.5. The predicted molar refractivity (Wildman–Crippen MR) is 106 cm³/mol. The fourth-order valence-electron chi connectivity index (χ4n) is 2.34. The standard InChI is InChI=1S/C21H20ClN3/c22-19-11-13-20(14-12-19)25-21(23-15-17-7-3-1-4-8-17)24-16-18-9-5-2-6-10-18/h1-14H,15-16H2,(H2,23,24,25). The molecular weight excluding hydrogens is 330 g/mol. The number of hydrogen-bond acceptors (Lipinski definition) is 1. The number of hydrogen-bond donors (Lipinski definition) is 2. The Balaban J connectivity index is 1.71. The van der Waals surface area contributed by atoms with Gasteiger partial charge in [-0.15, -0.1) is 0 Å². The van der Waals surface area contributed by atoms with Crippen LogP contribution < -0.4 is 10.6 Å². The summed E-state index contributed by atoms with van der Waals surface area (Å²) < 4.78 is 0. The summed E-state index contributed by atoms with van der Waals surface area (Å²) in [5, 5.41) is 7.42. The summed E-state index contributed by atoms with van der Waals surface area (Å²) >= 11 is 5.96. The molecule has 0 atom stereocenters. The van der Waals surface area contributed by atoms with Crippen molar-refractivity contribution in [1.29, 1.82) is 0 Å². The highest BCUT2D eigenvalue weighted by molar-refractivity contribution is 6.30. The minimum absolute atomic E-state index is 0.610. The third-order valence-electron chi connectivity index (χ3n) is 3.67. The third-order valence-corrected chi connectivity index (χ3v) is 3.92. The molecule has 0 spiro atoms. The lowest BCUT2D eigenvalue weighted by Crippen LogP contribution is -2.30. The van der Waals surface area contributed by atoms with E-state index in [0.717, 1.165) is 11.6 Å². The lowest BCUT2D eigenvalue weighted by atomic mass is 10.2. The molecule has 0 aliphatic heterocycles. The number of aliphatic imine (C=N–C) groups is 1. The normalized spacial score (nSPS) is 11.2. The molecule has 0 aromatic heterocycles. The summed E-state index contributed by atoms with van der Waals surface area (Å²) in [7, 11) is 0. The van der Waals surface area contributed by atoms with Crippen LogP contribution in [0.3, 0.4) is 0 Å². The minimum atomic E-state index is 0.610. The van der Waals surface area contributed by atoms with Crippen molar-refractivity contribution in [3.05, 3.63) is 101 Å². The maximum atomic E-state index is 5.96. The molecule has 0 amide bonds. The number of rotatable bonds is 5. The number of halogens is 1. The van der Waals surface area contributed by atoms with Crippen molar-refractivity contribution in [2.24, 2.45) is 4.99 Å². The van der Waals surface area contributed by atoms with Gasteiger partial charge < -0.3 is 10.6 Å². The van der Waals surface area contributed by atoms with Gasteiger partial charge in [-0.1, -0.05) is 72.3 Å². The molecule has 4 heteroatoms.